The van der Waals surface area contributed by atoms with Crippen LogP contribution in [-0.2, 0) is 0 Å². The number of hydrogen-bond donors (Lipinski definition) is 0. The molecule has 18 heavy (non-hydrogen) atoms. The Labute approximate surface area is 109 Å². The lowest BCUT2D eigenvalue weighted by atomic mass is 10.0. The summed E-state index contributed by atoms with van der Waals surface area (Å²) >= 11 is 0. The zero-order chi connectivity index (χ0) is 13.5. The highest BCUT2D eigenvalue weighted by Gasteiger charge is 2.04. The Balaban J connectivity index is 3.12. The largest absolute Gasteiger partial charge is 0.372 e. The molecule has 0 radical (unpaired) electrons. The third-order valence-electron chi connectivity index (χ3n) is 2.92. The summed E-state index contributed by atoms with van der Waals surface area (Å²) in [6.07, 6.45) is 1.63. The maximum atomic E-state index is 8.75. The van der Waals surface area contributed by atoms with Crippen molar-refractivity contribution >= 4 is 11.8 Å². The van der Waals surface area contributed by atoms with Gasteiger partial charge in [0, 0.05) is 18.8 Å². The zero-order valence-corrected chi connectivity index (χ0v) is 11.1. The molecular weight excluding hydrogens is 222 g/mol. The molecule has 0 aliphatic heterocycles. The van der Waals surface area contributed by atoms with Crippen molar-refractivity contribution in [3.05, 3.63) is 34.9 Å². The summed E-state index contributed by atoms with van der Waals surface area (Å²) in [6, 6.07) is 9.82. The number of allylic oxidation sites excluding steroid dienone is 1. The van der Waals surface area contributed by atoms with Crippen LogP contribution in [0, 0.1) is 29.6 Å². The molecule has 0 fully saturated rings. The second kappa shape index (κ2) is 6.47. The third-order valence-corrected chi connectivity index (χ3v) is 2.92. The van der Waals surface area contributed by atoms with Gasteiger partial charge in [-0.1, -0.05) is 6.07 Å². The van der Waals surface area contributed by atoms with Crippen molar-refractivity contribution in [2.24, 2.45) is 0 Å². The summed E-state index contributed by atoms with van der Waals surface area (Å²) in [5.41, 5.74) is 3.30. The van der Waals surface area contributed by atoms with Gasteiger partial charge in [-0.15, -0.1) is 0 Å². The van der Waals surface area contributed by atoms with E-state index >= 15 is 0 Å². The van der Waals surface area contributed by atoms with Crippen LogP contribution in [0.5, 0.6) is 0 Å². The number of hydrogen-bond acceptors (Lipinski definition) is 3. The van der Waals surface area contributed by atoms with Crippen molar-refractivity contribution in [2.75, 3.05) is 18.0 Å². The third kappa shape index (κ3) is 3.12. The zero-order valence-electron chi connectivity index (χ0n) is 11.1. The Kier molecular flexibility index (Phi) is 4.96. The molecule has 0 aromatic heterocycles. The van der Waals surface area contributed by atoms with Crippen molar-refractivity contribution < 1.29 is 0 Å². The molecule has 0 unspecified atom stereocenters. The fourth-order valence-corrected chi connectivity index (χ4v) is 1.85. The molecule has 92 valence electrons. The quantitative estimate of drug-likeness (QED) is 0.758. The van der Waals surface area contributed by atoms with Gasteiger partial charge >= 0.3 is 0 Å². The smallest absolute Gasteiger partial charge is 0.130 e. The summed E-state index contributed by atoms with van der Waals surface area (Å²) in [5, 5.41) is 17.5. The first kappa shape index (κ1) is 13.8. The molecule has 0 bridgehead atoms. The van der Waals surface area contributed by atoms with E-state index in [2.05, 4.69) is 24.8 Å². The molecule has 0 N–H and O–H groups in total. The van der Waals surface area contributed by atoms with Crippen LogP contribution in [0.2, 0.25) is 0 Å². The van der Waals surface area contributed by atoms with E-state index in [1.807, 2.05) is 31.2 Å². The van der Waals surface area contributed by atoms with Crippen molar-refractivity contribution in [3.8, 4) is 12.1 Å². The molecule has 1 aromatic rings. The van der Waals surface area contributed by atoms with Gasteiger partial charge in [-0.05, 0) is 50.1 Å². The van der Waals surface area contributed by atoms with E-state index < -0.39 is 0 Å². The van der Waals surface area contributed by atoms with E-state index in [0.29, 0.717) is 0 Å². The molecule has 3 heteroatoms. The van der Waals surface area contributed by atoms with E-state index in [9.17, 15) is 0 Å². The second-order valence-corrected chi connectivity index (χ2v) is 3.99. The molecule has 0 saturated carbocycles. The Morgan fingerprint density at radius 1 is 1.22 bits per heavy atom. The Bertz CT molecular complexity index is 510. The van der Waals surface area contributed by atoms with E-state index in [1.54, 1.807) is 6.08 Å². The average molecular weight is 239 g/mol. The van der Waals surface area contributed by atoms with Gasteiger partial charge in [0.2, 0.25) is 0 Å². The highest BCUT2D eigenvalue weighted by Crippen LogP contribution is 2.20. The molecule has 0 saturated heterocycles. The van der Waals surface area contributed by atoms with Gasteiger partial charge in [0.1, 0.15) is 17.7 Å². The SMILES string of the molecule is CCN(CC)c1ccc(C=C(C#N)C#N)c(C)c1. The van der Waals surface area contributed by atoms with Gasteiger partial charge in [0.25, 0.3) is 0 Å². The molecule has 0 amide bonds. The summed E-state index contributed by atoms with van der Waals surface area (Å²) in [7, 11) is 0. The Morgan fingerprint density at radius 2 is 1.83 bits per heavy atom. The van der Waals surface area contributed by atoms with Crippen LogP contribution in [0.4, 0.5) is 5.69 Å². The Hall–Kier alpha value is -2.26. The first-order valence-electron chi connectivity index (χ1n) is 6.03. The second-order valence-electron chi connectivity index (χ2n) is 3.99. The molecule has 0 heterocycles. The van der Waals surface area contributed by atoms with Gasteiger partial charge < -0.3 is 4.90 Å². The summed E-state index contributed by atoms with van der Waals surface area (Å²) < 4.78 is 0. The number of aryl methyl sites for hydroxylation is 1. The fourth-order valence-electron chi connectivity index (χ4n) is 1.85. The van der Waals surface area contributed by atoms with E-state index in [0.717, 1.165) is 24.2 Å². The maximum Gasteiger partial charge on any atom is 0.130 e. The number of benzene rings is 1. The predicted molar refractivity (Wildman–Crippen MR) is 73.9 cm³/mol. The standard InChI is InChI=1S/C15H17N3/c1-4-18(5-2)15-7-6-14(12(3)8-15)9-13(10-16)11-17/h6-9H,4-5H2,1-3H3. The van der Waals surface area contributed by atoms with Crippen LogP contribution in [0.3, 0.4) is 0 Å². The normalized spacial score (nSPS) is 9.17. The van der Waals surface area contributed by atoms with Crippen LogP contribution in [0.1, 0.15) is 25.0 Å². The minimum Gasteiger partial charge on any atom is -0.372 e. The van der Waals surface area contributed by atoms with Gasteiger partial charge in [-0.2, -0.15) is 10.5 Å². The van der Waals surface area contributed by atoms with Gasteiger partial charge in [-0.25, -0.2) is 0 Å². The topological polar surface area (TPSA) is 50.8 Å². The molecule has 1 rings (SSSR count). The highest BCUT2D eigenvalue weighted by atomic mass is 15.1. The van der Waals surface area contributed by atoms with Gasteiger partial charge in [0.15, 0.2) is 0 Å². The molecule has 0 spiro atoms. The molecule has 0 aliphatic carbocycles. The molecule has 0 aliphatic rings. The van der Waals surface area contributed by atoms with E-state index in [-0.39, 0.29) is 5.57 Å². The first-order chi connectivity index (χ1) is 8.65. The minimum absolute atomic E-state index is 0.133. The van der Waals surface area contributed by atoms with Gasteiger partial charge in [0.05, 0.1) is 0 Å². The average Bonchev–Trinajstić information content (AvgIpc) is 2.39. The first-order valence-corrected chi connectivity index (χ1v) is 6.03. The van der Waals surface area contributed by atoms with E-state index in [4.69, 9.17) is 10.5 Å². The van der Waals surface area contributed by atoms with Gasteiger partial charge in [-0.3, -0.25) is 0 Å². The lowest BCUT2D eigenvalue weighted by molar-refractivity contribution is 0.865. The summed E-state index contributed by atoms with van der Waals surface area (Å²) in [5.74, 6) is 0. The van der Waals surface area contributed by atoms with E-state index in [1.165, 1.54) is 5.69 Å². The molecule has 0 atom stereocenters. The molecule has 3 nitrogen and oxygen atoms in total. The van der Waals surface area contributed by atoms with Crippen LogP contribution in [0.25, 0.3) is 6.08 Å². The van der Waals surface area contributed by atoms with Crippen LogP contribution in [0.15, 0.2) is 23.8 Å². The number of nitrogens with zero attached hydrogens (tertiary/aromatic N) is 3. The van der Waals surface area contributed by atoms with Crippen molar-refractivity contribution in [3.63, 3.8) is 0 Å². The number of anilines is 1. The lowest BCUT2D eigenvalue weighted by Crippen LogP contribution is -2.21. The molecule has 1 aromatic carbocycles. The van der Waals surface area contributed by atoms with Crippen molar-refractivity contribution in [2.45, 2.75) is 20.8 Å². The van der Waals surface area contributed by atoms with Crippen molar-refractivity contribution in [1.29, 1.82) is 10.5 Å². The molecular formula is C15H17N3. The van der Waals surface area contributed by atoms with Crippen LogP contribution in [-0.4, -0.2) is 13.1 Å². The highest BCUT2D eigenvalue weighted by molar-refractivity contribution is 5.66. The minimum atomic E-state index is 0.133. The van der Waals surface area contributed by atoms with Crippen LogP contribution < -0.4 is 4.90 Å². The number of nitriles is 2. The maximum absolute atomic E-state index is 8.75. The summed E-state index contributed by atoms with van der Waals surface area (Å²) in [6.45, 7) is 8.16. The van der Waals surface area contributed by atoms with Crippen LogP contribution >= 0.6 is 0 Å². The monoisotopic (exact) mass is 239 g/mol. The predicted octanol–water partition coefficient (Wildman–Crippen LogP) is 3.27. The lowest BCUT2D eigenvalue weighted by Gasteiger charge is -2.21. The Morgan fingerprint density at radius 3 is 2.28 bits per heavy atom. The summed E-state index contributed by atoms with van der Waals surface area (Å²) in [4.78, 5) is 2.26. The number of rotatable bonds is 4. The van der Waals surface area contributed by atoms with Crippen molar-refractivity contribution in [1.82, 2.24) is 0 Å². The fraction of sp³-hybridized carbons (Fsp3) is 0.333.